The molecule has 1 aliphatic heterocycles. The van der Waals surface area contributed by atoms with Gasteiger partial charge in [0.2, 0.25) is 5.91 Å². The van der Waals surface area contributed by atoms with Crippen LogP contribution in [0.1, 0.15) is 37.7 Å². The van der Waals surface area contributed by atoms with Gasteiger partial charge in [-0.25, -0.2) is 0 Å². The number of allylic oxidation sites excluding steroid dienone is 2. The number of hydrogen-bond donors (Lipinski definition) is 0. The van der Waals surface area contributed by atoms with Crippen molar-refractivity contribution in [3.63, 3.8) is 0 Å². The summed E-state index contributed by atoms with van der Waals surface area (Å²) in [5.74, 6) is 2.31. The maximum Gasteiger partial charge on any atom is 0.223 e. The van der Waals surface area contributed by atoms with Crippen molar-refractivity contribution in [1.29, 1.82) is 0 Å². The SMILES string of the molecule is CN1CCC(N(Cc2ccncc2)C(=O)C[C@@H]2C[C@@H]3C=C[C@H]2C3)CC1. The molecule has 0 aromatic carbocycles. The van der Waals surface area contributed by atoms with Gasteiger partial charge >= 0.3 is 0 Å². The Labute approximate surface area is 150 Å². The predicted octanol–water partition coefficient (Wildman–Crippen LogP) is 3.11. The molecular formula is C21H29N3O. The van der Waals surface area contributed by atoms with Crippen LogP contribution in [0.2, 0.25) is 0 Å². The molecule has 2 aliphatic carbocycles. The van der Waals surface area contributed by atoms with E-state index in [2.05, 4.69) is 34.0 Å². The summed E-state index contributed by atoms with van der Waals surface area (Å²) in [7, 11) is 2.17. The lowest BCUT2D eigenvalue weighted by Crippen LogP contribution is -2.46. The number of pyridine rings is 1. The molecule has 0 unspecified atom stereocenters. The van der Waals surface area contributed by atoms with Gasteiger partial charge in [-0.3, -0.25) is 9.78 Å². The number of rotatable bonds is 5. The second-order valence-corrected chi connectivity index (χ2v) is 8.16. The molecule has 2 fully saturated rings. The first kappa shape index (κ1) is 16.8. The number of piperidine rings is 1. The normalized spacial score (nSPS) is 29.2. The number of amides is 1. The first-order valence-electron chi connectivity index (χ1n) is 9.74. The molecule has 1 saturated carbocycles. The number of hydrogen-bond acceptors (Lipinski definition) is 3. The Bertz CT molecular complexity index is 621. The maximum absolute atomic E-state index is 13.2. The van der Waals surface area contributed by atoms with Crippen molar-refractivity contribution in [2.75, 3.05) is 20.1 Å². The van der Waals surface area contributed by atoms with Gasteiger partial charge in [-0.15, -0.1) is 0 Å². The number of carbonyl (C=O) groups excluding carboxylic acids is 1. The van der Waals surface area contributed by atoms with Gasteiger partial charge in [0.05, 0.1) is 0 Å². The first-order chi connectivity index (χ1) is 12.2. The summed E-state index contributed by atoms with van der Waals surface area (Å²) < 4.78 is 0. The second-order valence-electron chi connectivity index (χ2n) is 8.16. The zero-order valence-electron chi connectivity index (χ0n) is 15.2. The highest BCUT2D eigenvalue weighted by molar-refractivity contribution is 5.77. The van der Waals surface area contributed by atoms with Crippen LogP contribution in [-0.2, 0) is 11.3 Å². The van der Waals surface area contributed by atoms with E-state index in [-0.39, 0.29) is 0 Å². The number of nitrogens with zero attached hydrogens (tertiary/aromatic N) is 3. The molecule has 1 saturated heterocycles. The molecule has 2 heterocycles. The fourth-order valence-corrected chi connectivity index (χ4v) is 4.88. The van der Waals surface area contributed by atoms with Crippen molar-refractivity contribution in [3.05, 3.63) is 42.2 Å². The molecule has 1 amide bonds. The summed E-state index contributed by atoms with van der Waals surface area (Å²) in [4.78, 5) is 21.9. The molecule has 4 rings (SSSR count). The van der Waals surface area contributed by atoms with Crippen molar-refractivity contribution in [3.8, 4) is 0 Å². The predicted molar refractivity (Wildman–Crippen MR) is 98.8 cm³/mol. The Morgan fingerprint density at radius 3 is 2.60 bits per heavy atom. The molecule has 25 heavy (non-hydrogen) atoms. The van der Waals surface area contributed by atoms with E-state index in [1.165, 1.54) is 18.4 Å². The second kappa shape index (κ2) is 7.28. The van der Waals surface area contributed by atoms with Gasteiger partial charge in [0, 0.05) is 31.4 Å². The van der Waals surface area contributed by atoms with Crippen LogP contribution in [0.15, 0.2) is 36.7 Å². The molecule has 3 atom stereocenters. The van der Waals surface area contributed by atoms with E-state index in [1.54, 1.807) is 0 Å². The van der Waals surface area contributed by atoms with Crippen LogP contribution < -0.4 is 0 Å². The van der Waals surface area contributed by atoms with Crippen molar-refractivity contribution in [2.24, 2.45) is 17.8 Å². The molecule has 1 aromatic heterocycles. The van der Waals surface area contributed by atoms with E-state index in [9.17, 15) is 4.79 Å². The Morgan fingerprint density at radius 1 is 1.20 bits per heavy atom. The largest absolute Gasteiger partial charge is 0.335 e. The lowest BCUT2D eigenvalue weighted by atomic mass is 9.89. The van der Waals surface area contributed by atoms with Crippen molar-refractivity contribution in [2.45, 2.75) is 44.7 Å². The fraction of sp³-hybridized carbons (Fsp3) is 0.619. The van der Waals surface area contributed by atoms with Gasteiger partial charge in [0.1, 0.15) is 0 Å². The van der Waals surface area contributed by atoms with E-state index in [4.69, 9.17) is 0 Å². The lowest BCUT2D eigenvalue weighted by Gasteiger charge is -2.38. The monoisotopic (exact) mass is 339 g/mol. The zero-order valence-corrected chi connectivity index (χ0v) is 15.2. The minimum atomic E-state index is 0.359. The van der Waals surface area contributed by atoms with E-state index < -0.39 is 0 Å². The third kappa shape index (κ3) is 3.79. The molecule has 0 N–H and O–H groups in total. The molecular weight excluding hydrogens is 310 g/mol. The Kier molecular flexibility index (Phi) is 4.89. The highest BCUT2D eigenvalue weighted by atomic mass is 16.2. The van der Waals surface area contributed by atoms with Gasteiger partial charge in [-0.05, 0) is 81.3 Å². The average Bonchev–Trinajstić information content (AvgIpc) is 3.24. The summed E-state index contributed by atoms with van der Waals surface area (Å²) in [6.07, 6.45) is 13.8. The maximum atomic E-state index is 13.2. The van der Waals surface area contributed by atoms with E-state index >= 15 is 0 Å². The molecule has 4 nitrogen and oxygen atoms in total. The lowest BCUT2D eigenvalue weighted by molar-refractivity contribution is -0.136. The number of fused-ring (bicyclic) bond motifs is 2. The molecule has 4 heteroatoms. The van der Waals surface area contributed by atoms with Crippen LogP contribution in [0.4, 0.5) is 0 Å². The molecule has 2 bridgehead atoms. The quantitative estimate of drug-likeness (QED) is 0.774. The number of likely N-dealkylation sites (tertiary alicyclic amines) is 1. The van der Waals surface area contributed by atoms with Crippen LogP contribution in [0.25, 0.3) is 0 Å². The van der Waals surface area contributed by atoms with Crippen molar-refractivity contribution < 1.29 is 4.79 Å². The summed E-state index contributed by atoms with van der Waals surface area (Å²) in [6.45, 7) is 2.90. The molecule has 134 valence electrons. The van der Waals surface area contributed by atoms with Crippen LogP contribution in [0.5, 0.6) is 0 Å². The Hall–Kier alpha value is -1.68. The van der Waals surface area contributed by atoms with Gasteiger partial charge < -0.3 is 9.80 Å². The van der Waals surface area contributed by atoms with Crippen molar-refractivity contribution in [1.82, 2.24) is 14.8 Å². The van der Waals surface area contributed by atoms with E-state index in [0.29, 0.717) is 23.8 Å². The minimum Gasteiger partial charge on any atom is -0.335 e. The average molecular weight is 339 g/mol. The van der Waals surface area contributed by atoms with Gasteiger partial charge in [-0.1, -0.05) is 12.2 Å². The smallest absolute Gasteiger partial charge is 0.223 e. The molecule has 3 aliphatic rings. The van der Waals surface area contributed by atoms with Gasteiger partial charge in [0.25, 0.3) is 0 Å². The fourth-order valence-electron chi connectivity index (χ4n) is 4.88. The topological polar surface area (TPSA) is 36.4 Å². The molecule has 0 radical (unpaired) electrons. The summed E-state index contributed by atoms with van der Waals surface area (Å²) in [5, 5.41) is 0. The number of aromatic nitrogens is 1. The minimum absolute atomic E-state index is 0.359. The van der Waals surface area contributed by atoms with E-state index in [1.807, 2.05) is 24.5 Å². The van der Waals surface area contributed by atoms with Crippen LogP contribution in [0.3, 0.4) is 0 Å². The highest BCUT2D eigenvalue weighted by Gasteiger charge is 2.38. The molecule has 0 spiro atoms. The Balaban J connectivity index is 1.46. The van der Waals surface area contributed by atoms with Crippen molar-refractivity contribution >= 4 is 5.91 Å². The number of carbonyl (C=O) groups is 1. The Morgan fingerprint density at radius 2 is 1.96 bits per heavy atom. The van der Waals surface area contributed by atoms with Crippen LogP contribution in [0, 0.1) is 17.8 Å². The van der Waals surface area contributed by atoms with E-state index in [0.717, 1.165) is 44.8 Å². The zero-order chi connectivity index (χ0) is 17.2. The van der Waals surface area contributed by atoms with Gasteiger partial charge in [-0.2, -0.15) is 0 Å². The summed E-state index contributed by atoms with van der Waals surface area (Å²) in [6, 6.07) is 4.45. The third-order valence-corrected chi connectivity index (χ3v) is 6.40. The van der Waals surface area contributed by atoms with Gasteiger partial charge in [0.15, 0.2) is 0 Å². The first-order valence-corrected chi connectivity index (χ1v) is 9.74. The standard InChI is InChI=1S/C21H29N3O/c1-23-10-6-20(7-11-23)24(15-16-4-8-22-9-5-16)21(25)14-19-13-17-2-3-18(19)12-17/h2-5,8-9,17-20H,6-7,10-15H2,1H3/t17-,18+,19+/m1/s1. The highest BCUT2D eigenvalue weighted by Crippen LogP contribution is 2.45. The summed E-state index contributed by atoms with van der Waals surface area (Å²) in [5.41, 5.74) is 1.19. The molecule has 1 aromatic rings. The summed E-state index contributed by atoms with van der Waals surface area (Å²) >= 11 is 0. The van der Waals surface area contributed by atoms with Crippen LogP contribution >= 0.6 is 0 Å². The third-order valence-electron chi connectivity index (χ3n) is 6.40. The van der Waals surface area contributed by atoms with Crippen LogP contribution in [-0.4, -0.2) is 46.9 Å².